The number of hydrogen-bond acceptors (Lipinski definition) is 4. The summed E-state index contributed by atoms with van der Waals surface area (Å²) in [4.78, 5) is 12.6. The molecule has 0 aliphatic heterocycles. The molecule has 0 atom stereocenters. The maximum Gasteiger partial charge on any atom is 0.322 e. The van der Waals surface area contributed by atoms with Gasteiger partial charge in [-0.25, -0.2) is 5.10 Å². The van der Waals surface area contributed by atoms with Gasteiger partial charge in [0.2, 0.25) is 0 Å². The van der Waals surface area contributed by atoms with Crippen LogP contribution in [0.25, 0.3) is 0 Å². The molecule has 0 spiro atoms. The number of rotatable bonds is 3. The highest BCUT2D eigenvalue weighted by Crippen LogP contribution is 1.99. The van der Waals surface area contributed by atoms with E-state index in [2.05, 4.69) is 22.0 Å². The molecule has 5 heteroatoms. The normalized spacial score (nSPS) is 9.77. The highest BCUT2D eigenvalue weighted by atomic mass is 32.1. The Bertz CT molecular complexity index is 370. The SMILES string of the molecule is CC#CCN(C)Cc1n[nH]c(=O)s1. The number of aromatic nitrogens is 2. The van der Waals surface area contributed by atoms with E-state index in [1.54, 1.807) is 6.92 Å². The molecule has 1 aromatic heterocycles. The summed E-state index contributed by atoms with van der Waals surface area (Å²) in [5, 5.41) is 7.03. The molecule has 0 fully saturated rings. The molecule has 13 heavy (non-hydrogen) atoms. The first-order chi connectivity index (χ1) is 6.22. The summed E-state index contributed by atoms with van der Waals surface area (Å²) in [5.74, 6) is 5.75. The third-order valence-corrected chi connectivity index (χ3v) is 2.15. The quantitative estimate of drug-likeness (QED) is 0.708. The minimum atomic E-state index is -0.107. The van der Waals surface area contributed by atoms with E-state index < -0.39 is 0 Å². The van der Waals surface area contributed by atoms with Crippen molar-refractivity contribution in [1.29, 1.82) is 0 Å². The highest BCUT2D eigenvalue weighted by Gasteiger charge is 2.02. The number of nitrogens with zero attached hydrogens (tertiary/aromatic N) is 2. The van der Waals surface area contributed by atoms with Gasteiger partial charge >= 0.3 is 4.87 Å². The Kier molecular flexibility index (Phi) is 3.68. The van der Waals surface area contributed by atoms with Crippen LogP contribution in [0.3, 0.4) is 0 Å². The molecule has 0 unspecified atom stereocenters. The molecular formula is C8H11N3OS. The van der Waals surface area contributed by atoms with Crippen molar-refractivity contribution in [2.45, 2.75) is 13.5 Å². The smallest absolute Gasteiger partial charge is 0.289 e. The second-order valence-electron chi connectivity index (χ2n) is 2.61. The summed E-state index contributed by atoms with van der Waals surface area (Å²) in [6, 6.07) is 0. The van der Waals surface area contributed by atoms with Gasteiger partial charge in [0.05, 0.1) is 13.1 Å². The van der Waals surface area contributed by atoms with Crippen LogP contribution in [-0.4, -0.2) is 28.7 Å². The van der Waals surface area contributed by atoms with Gasteiger partial charge in [-0.1, -0.05) is 17.3 Å². The van der Waals surface area contributed by atoms with E-state index in [1.165, 1.54) is 0 Å². The predicted molar refractivity (Wildman–Crippen MR) is 52.5 cm³/mol. The average molecular weight is 197 g/mol. The zero-order chi connectivity index (χ0) is 9.68. The zero-order valence-electron chi connectivity index (χ0n) is 7.63. The lowest BCUT2D eigenvalue weighted by atomic mass is 10.5. The van der Waals surface area contributed by atoms with Gasteiger partial charge in [0.1, 0.15) is 5.01 Å². The van der Waals surface area contributed by atoms with Crippen molar-refractivity contribution in [2.24, 2.45) is 0 Å². The molecule has 4 nitrogen and oxygen atoms in total. The fourth-order valence-electron chi connectivity index (χ4n) is 0.829. The fraction of sp³-hybridized carbons (Fsp3) is 0.500. The minimum absolute atomic E-state index is 0.107. The van der Waals surface area contributed by atoms with E-state index in [0.29, 0.717) is 13.1 Å². The first kappa shape index (κ1) is 9.96. The van der Waals surface area contributed by atoms with Gasteiger partial charge < -0.3 is 0 Å². The molecule has 0 radical (unpaired) electrons. The largest absolute Gasteiger partial charge is 0.322 e. The summed E-state index contributed by atoms with van der Waals surface area (Å²) >= 11 is 1.14. The molecule has 70 valence electrons. The first-order valence-corrected chi connectivity index (χ1v) is 4.66. The van der Waals surface area contributed by atoms with E-state index in [-0.39, 0.29) is 4.87 Å². The number of nitrogens with one attached hydrogen (secondary N) is 1. The lowest BCUT2D eigenvalue weighted by molar-refractivity contribution is 0.367. The van der Waals surface area contributed by atoms with Crippen molar-refractivity contribution in [3.8, 4) is 11.8 Å². The van der Waals surface area contributed by atoms with Crippen LogP contribution in [0.5, 0.6) is 0 Å². The molecule has 0 aromatic carbocycles. The first-order valence-electron chi connectivity index (χ1n) is 3.85. The molecule has 0 saturated carbocycles. The maximum absolute atomic E-state index is 10.7. The zero-order valence-corrected chi connectivity index (χ0v) is 8.44. The molecule has 0 aliphatic rings. The van der Waals surface area contributed by atoms with Gasteiger partial charge in [0.25, 0.3) is 0 Å². The van der Waals surface area contributed by atoms with E-state index in [9.17, 15) is 4.79 Å². The van der Waals surface area contributed by atoms with E-state index in [0.717, 1.165) is 16.3 Å². The fourth-order valence-corrected chi connectivity index (χ4v) is 1.51. The number of H-pyrrole nitrogens is 1. The Morgan fingerprint density at radius 2 is 2.46 bits per heavy atom. The summed E-state index contributed by atoms with van der Waals surface area (Å²) in [7, 11) is 1.94. The van der Waals surface area contributed by atoms with Gasteiger partial charge in [0, 0.05) is 0 Å². The van der Waals surface area contributed by atoms with E-state index >= 15 is 0 Å². The standard InChI is InChI=1S/C8H11N3OS/c1-3-4-5-11(2)6-7-9-10-8(12)13-7/h5-6H2,1-2H3,(H,10,12). The molecule has 1 heterocycles. The molecule has 1 N–H and O–H groups in total. The van der Waals surface area contributed by atoms with Gasteiger partial charge in [-0.3, -0.25) is 9.69 Å². The van der Waals surface area contributed by atoms with Crippen LogP contribution in [0.4, 0.5) is 0 Å². The molecule has 1 rings (SSSR count). The molecular weight excluding hydrogens is 186 g/mol. The van der Waals surface area contributed by atoms with Crippen molar-refractivity contribution in [2.75, 3.05) is 13.6 Å². The van der Waals surface area contributed by atoms with Crippen LogP contribution >= 0.6 is 11.3 Å². The molecule has 0 saturated heterocycles. The molecule has 0 amide bonds. The van der Waals surface area contributed by atoms with Gasteiger partial charge in [0.15, 0.2) is 0 Å². The predicted octanol–water partition coefficient (Wildman–Crippen LogP) is 0.287. The Morgan fingerprint density at radius 1 is 1.69 bits per heavy atom. The Hall–Kier alpha value is -1.12. The monoisotopic (exact) mass is 197 g/mol. The Balaban J connectivity index is 2.47. The molecule has 0 aliphatic carbocycles. The third kappa shape index (κ3) is 3.40. The minimum Gasteiger partial charge on any atom is -0.289 e. The van der Waals surface area contributed by atoms with Crippen LogP contribution in [-0.2, 0) is 6.54 Å². The number of hydrogen-bond donors (Lipinski definition) is 1. The van der Waals surface area contributed by atoms with Crippen LogP contribution in [0.1, 0.15) is 11.9 Å². The lowest BCUT2D eigenvalue weighted by Crippen LogP contribution is -2.17. The maximum atomic E-state index is 10.7. The second-order valence-corrected chi connectivity index (χ2v) is 3.65. The second kappa shape index (κ2) is 4.80. The van der Waals surface area contributed by atoms with E-state index in [4.69, 9.17) is 0 Å². The topological polar surface area (TPSA) is 49.0 Å². The number of aromatic amines is 1. The van der Waals surface area contributed by atoms with Crippen molar-refractivity contribution >= 4 is 11.3 Å². The van der Waals surface area contributed by atoms with Crippen molar-refractivity contribution in [1.82, 2.24) is 15.1 Å². The van der Waals surface area contributed by atoms with Crippen LogP contribution in [0, 0.1) is 11.8 Å². The lowest BCUT2D eigenvalue weighted by Gasteiger charge is -2.09. The van der Waals surface area contributed by atoms with Gasteiger partial charge in [-0.05, 0) is 14.0 Å². The van der Waals surface area contributed by atoms with Crippen molar-refractivity contribution < 1.29 is 0 Å². The van der Waals surface area contributed by atoms with Gasteiger partial charge in [-0.2, -0.15) is 5.10 Å². The third-order valence-electron chi connectivity index (χ3n) is 1.41. The molecule has 1 aromatic rings. The van der Waals surface area contributed by atoms with Crippen LogP contribution < -0.4 is 4.87 Å². The van der Waals surface area contributed by atoms with Crippen LogP contribution in [0.2, 0.25) is 0 Å². The Labute approximate surface area is 80.6 Å². The molecule has 0 bridgehead atoms. The van der Waals surface area contributed by atoms with E-state index in [1.807, 2.05) is 11.9 Å². The highest BCUT2D eigenvalue weighted by molar-refractivity contribution is 7.08. The van der Waals surface area contributed by atoms with Crippen molar-refractivity contribution in [3.05, 3.63) is 14.7 Å². The summed E-state index contributed by atoms with van der Waals surface area (Å²) in [6.45, 7) is 3.17. The summed E-state index contributed by atoms with van der Waals surface area (Å²) < 4.78 is 0. The summed E-state index contributed by atoms with van der Waals surface area (Å²) in [6.07, 6.45) is 0. The average Bonchev–Trinajstić information content (AvgIpc) is 2.48. The van der Waals surface area contributed by atoms with Gasteiger partial charge in [-0.15, -0.1) is 5.92 Å². The van der Waals surface area contributed by atoms with Crippen LogP contribution in [0.15, 0.2) is 4.79 Å². The van der Waals surface area contributed by atoms with Crippen molar-refractivity contribution in [3.63, 3.8) is 0 Å². The Morgan fingerprint density at radius 3 is 3.00 bits per heavy atom. The summed E-state index contributed by atoms with van der Waals surface area (Å²) in [5.41, 5.74) is 0.